The predicted molar refractivity (Wildman–Crippen MR) is 117 cm³/mol. The van der Waals surface area contributed by atoms with Crippen LogP contribution in [0.1, 0.15) is 28.1 Å². The minimum absolute atomic E-state index is 0.203. The number of hydrazone groups is 1. The molecule has 2 aromatic carbocycles. The maximum Gasteiger partial charge on any atom is 0.244 e. The lowest BCUT2D eigenvalue weighted by molar-refractivity contribution is -0.120. The number of carbonyl (C=O) groups excluding carboxylic acids is 1. The molecule has 30 heavy (non-hydrogen) atoms. The predicted octanol–water partition coefficient (Wildman–Crippen LogP) is 4.48. The van der Waals surface area contributed by atoms with Crippen molar-refractivity contribution in [2.24, 2.45) is 5.10 Å². The van der Waals surface area contributed by atoms with E-state index in [0.717, 1.165) is 33.8 Å². The second-order valence-electron chi connectivity index (χ2n) is 7.25. The Hall–Kier alpha value is -3.25. The Morgan fingerprint density at radius 1 is 1.13 bits per heavy atom. The highest BCUT2D eigenvalue weighted by Crippen LogP contribution is 2.32. The van der Waals surface area contributed by atoms with Gasteiger partial charge in [0, 0.05) is 27.7 Å². The molecule has 0 saturated heterocycles. The van der Waals surface area contributed by atoms with Crippen LogP contribution in [-0.2, 0) is 11.2 Å². The van der Waals surface area contributed by atoms with Crippen LogP contribution in [0.5, 0.6) is 11.5 Å². The van der Waals surface area contributed by atoms with Crippen LogP contribution in [0.3, 0.4) is 0 Å². The van der Waals surface area contributed by atoms with Crippen molar-refractivity contribution < 1.29 is 14.3 Å². The summed E-state index contributed by atoms with van der Waals surface area (Å²) >= 11 is 6.19. The van der Waals surface area contributed by atoms with E-state index in [1.54, 1.807) is 12.3 Å². The lowest BCUT2D eigenvalue weighted by Gasteiger charge is -2.13. The molecule has 3 aromatic rings. The lowest BCUT2D eigenvalue weighted by atomic mass is 10.1. The third-order valence-corrected chi connectivity index (χ3v) is 5.31. The van der Waals surface area contributed by atoms with Crippen molar-refractivity contribution in [1.82, 2.24) is 9.99 Å². The van der Waals surface area contributed by atoms with Gasteiger partial charge in [0.15, 0.2) is 11.5 Å². The summed E-state index contributed by atoms with van der Waals surface area (Å²) in [6, 6.07) is 13.3. The fourth-order valence-corrected chi connectivity index (χ4v) is 3.73. The van der Waals surface area contributed by atoms with E-state index in [9.17, 15) is 4.79 Å². The van der Waals surface area contributed by atoms with Crippen molar-refractivity contribution >= 4 is 23.7 Å². The minimum Gasteiger partial charge on any atom is -0.454 e. The largest absolute Gasteiger partial charge is 0.454 e. The topological polar surface area (TPSA) is 64.9 Å². The van der Waals surface area contributed by atoms with Gasteiger partial charge in [-0.1, -0.05) is 23.7 Å². The molecule has 1 amide bonds. The van der Waals surface area contributed by atoms with Gasteiger partial charge in [0.2, 0.25) is 12.7 Å². The van der Waals surface area contributed by atoms with E-state index >= 15 is 0 Å². The minimum atomic E-state index is -0.204. The number of nitrogens with one attached hydrogen (secondary N) is 1. The third-order valence-electron chi connectivity index (χ3n) is 5.08. The van der Waals surface area contributed by atoms with Crippen LogP contribution in [0.25, 0.3) is 5.69 Å². The second kappa shape index (κ2) is 8.24. The zero-order valence-corrected chi connectivity index (χ0v) is 17.8. The van der Waals surface area contributed by atoms with Gasteiger partial charge in [0.05, 0.1) is 12.6 Å². The molecule has 0 unspecified atom stereocenters. The Labute approximate surface area is 180 Å². The van der Waals surface area contributed by atoms with Crippen molar-refractivity contribution in [3.8, 4) is 17.2 Å². The summed E-state index contributed by atoms with van der Waals surface area (Å²) in [5.74, 6) is 1.15. The number of fused-ring (bicyclic) bond motifs is 1. The summed E-state index contributed by atoms with van der Waals surface area (Å²) in [5.41, 5.74) is 8.59. The van der Waals surface area contributed by atoms with Crippen LogP contribution in [0.4, 0.5) is 0 Å². The van der Waals surface area contributed by atoms with Crippen molar-refractivity contribution in [2.75, 3.05) is 6.79 Å². The number of amides is 1. The van der Waals surface area contributed by atoms with Crippen LogP contribution < -0.4 is 14.9 Å². The van der Waals surface area contributed by atoms with Crippen molar-refractivity contribution in [1.29, 1.82) is 0 Å². The monoisotopic (exact) mass is 423 g/mol. The molecule has 154 valence electrons. The number of hydrogen-bond donors (Lipinski definition) is 1. The number of rotatable bonds is 5. The molecular formula is C23H22ClN3O3. The highest BCUT2D eigenvalue weighted by Gasteiger charge is 2.15. The summed E-state index contributed by atoms with van der Waals surface area (Å²) in [5, 5.41) is 4.83. The molecule has 0 saturated carbocycles. The number of aromatic nitrogens is 1. The van der Waals surface area contributed by atoms with Gasteiger partial charge in [-0.25, -0.2) is 5.43 Å². The molecule has 0 bridgehead atoms. The molecule has 0 aliphatic carbocycles. The number of ether oxygens (including phenoxy) is 2. The molecule has 2 heterocycles. The Kier molecular flexibility index (Phi) is 5.50. The van der Waals surface area contributed by atoms with Crippen molar-refractivity contribution in [2.45, 2.75) is 27.2 Å². The van der Waals surface area contributed by atoms with Crippen molar-refractivity contribution in [3.63, 3.8) is 0 Å². The summed E-state index contributed by atoms with van der Waals surface area (Å²) in [7, 11) is 0. The standard InChI is InChI=1S/C23H22ClN3O3/c1-14-4-6-19(24)11-20(14)27-15(2)8-18(16(27)3)12-25-26-23(28)10-17-5-7-21-22(9-17)30-13-29-21/h4-9,11-12H,10,13H2,1-3H3,(H,26,28)/b25-12-. The van der Waals surface area contributed by atoms with Crippen LogP contribution >= 0.6 is 11.6 Å². The maximum absolute atomic E-state index is 12.2. The Morgan fingerprint density at radius 2 is 1.93 bits per heavy atom. The van der Waals surface area contributed by atoms with Gasteiger partial charge in [0.1, 0.15) is 0 Å². The van der Waals surface area contributed by atoms with Crippen molar-refractivity contribution in [3.05, 3.63) is 75.6 Å². The molecular weight excluding hydrogens is 402 g/mol. The van der Waals surface area contributed by atoms with Crippen LogP contribution in [0.15, 0.2) is 47.6 Å². The summed E-state index contributed by atoms with van der Waals surface area (Å²) in [6.07, 6.45) is 1.87. The number of aryl methyl sites for hydroxylation is 2. The quantitative estimate of drug-likeness (QED) is 0.486. The molecule has 1 aromatic heterocycles. The zero-order valence-electron chi connectivity index (χ0n) is 17.0. The summed E-state index contributed by atoms with van der Waals surface area (Å²) < 4.78 is 12.8. The molecule has 1 aliphatic rings. The molecule has 7 heteroatoms. The SMILES string of the molecule is Cc1ccc(Cl)cc1-n1c(C)cc(/C=N\NC(=O)Cc2ccc3c(c2)OCO3)c1C. The molecule has 1 aliphatic heterocycles. The first-order valence-corrected chi connectivity index (χ1v) is 9.96. The smallest absolute Gasteiger partial charge is 0.244 e. The number of hydrogen-bond acceptors (Lipinski definition) is 4. The Morgan fingerprint density at radius 3 is 2.77 bits per heavy atom. The number of halogens is 1. The van der Waals surface area contributed by atoms with Gasteiger partial charge < -0.3 is 14.0 Å². The second-order valence-corrected chi connectivity index (χ2v) is 7.69. The van der Waals surface area contributed by atoms with Gasteiger partial charge >= 0.3 is 0 Å². The van der Waals surface area contributed by atoms with E-state index in [1.165, 1.54) is 0 Å². The van der Waals surface area contributed by atoms with Crippen LogP contribution in [-0.4, -0.2) is 23.5 Å². The van der Waals surface area contributed by atoms with E-state index < -0.39 is 0 Å². The van der Waals surface area contributed by atoms with Gasteiger partial charge in [-0.15, -0.1) is 0 Å². The average molecular weight is 424 g/mol. The first-order valence-electron chi connectivity index (χ1n) is 9.58. The molecule has 6 nitrogen and oxygen atoms in total. The average Bonchev–Trinajstić information content (AvgIpc) is 3.28. The van der Waals surface area contributed by atoms with Gasteiger partial charge in [-0.2, -0.15) is 5.10 Å². The van der Waals surface area contributed by atoms with E-state index in [1.807, 2.05) is 50.2 Å². The Bertz CT molecular complexity index is 1150. The summed E-state index contributed by atoms with van der Waals surface area (Å²) in [6.45, 7) is 6.31. The summed E-state index contributed by atoms with van der Waals surface area (Å²) in [4.78, 5) is 12.2. The molecule has 1 N–H and O–H groups in total. The molecule has 0 fully saturated rings. The first-order chi connectivity index (χ1) is 14.4. The van der Waals surface area contributed by atoms with Crippen LogP contribution in [0, 0.1) is 20.8 Å². The van der Waals surface area contributed by atoms with Gasteiger partial charge in [-0.3, -0.25) is 4.79 Å². The molecule has 0 spiro atoms. The van der Waals surface area contributed by atoms with E-state index in [2.05, 4.69) is 22.0 Å². The van der Waals surface area contributed by atoms with Gasteiger partial charge in [-0.05, 0) is 62.2 Å². The fraction of sp³-hybridized carbons (Fsp3) is 0.217. The third kappa shape index (κ3) is 4.04. The highest BCUT2D eigenvalue weighted by molar-refractivity contribution is 6.30. The number of benzene rings is 2. The Balaban J connectivity index is 1.45. The molecule has 0 atom stereocenters. The fourth-order valence-electron chi connectivity index (χ4n) is 3.56. The highest BCUT2D eigenvalue weighted by atomic mass is 35.5. The normalized spacial score (nSPS) is 12.5. The van der Waals surface area contributed by atoms with Gasteiger partial charge in [0.25, 0.3) is 0 Å². The van der Waals surface area contributed by atoms with E-state index in [4.69, 9.17) is 21.1 Å². The van der Waals surface area contributed by atoms with E-state index in [0.29, 0.717) is 16.5 Å². The maximum atomic E-state index is 12.2. The molecule has 4 rings (SSSR count). The van der Waals surface area contributed by atoms with E-state index in [-0.39, 0.29) is 19.1 Å². The number of nitrogens with zero attached hydrogens (tertiary/aromatic N) is 2. The molecule has 0 radical (unpaired) electrons. The zero-order chi connectivity index (χ0) is 21.3. The first kappa shape index (κ1) is 20.0. The number of carbonyl (C=O) groups is 1. The van der Waals surface area contributed by atoms with Crippen LogP contribution in [0.2, 0.25) is 5.02 Å². The lowest BCUT2D eigenvalue weighted by Crippen LogP contribution is -2.19.